The zero-order valence-electron chi connectivity index (χ0n) is 16.4. The number of halogens is 1. The molecule has 3 unspecified atom stereocenters. The number of aliphatic imine (C=N–C) groups is 2. The van der Waals surface area contributed by atoms with E-state index in [1.165, 1.54) is 0 Å². The molecule has 4 rings (SSSR count). The summed E-state index contributed by atoms with van der Waals surface area (Å²) >= 11 is 0. The first-order valence-electron chi connectivity index (χ1n) is 9.85. The third kappa shape index (κ3) is 3.70. The van der Waals surface area contributed by atoms with Gasteiger partial charge in [-0.2, -0.15) is 4.99 Å². The molecule has 4 heterocycles. The summed E-state index contributed by atoms with van der Waals surface area (Å²) in [4.78, 5) is 36.3. The average Bonchev–Trinajstić information content (AvgIpc) is 3.29. The molecule has 2 fully saturated rings. The number of alkyl halides is 1. The van der Waals surface area contributed by atoms with Gasteiger partial charge in [-0.3, -0.25) is 9.59 Å². The van der Waals surface area contributed by atoms with Gasteiger partial charge in [-0.25, -0.2) is 9.38 Å². The normalized spacial score (nSPS) is 26.3. The number of amides is 2. The largest absolute Gasteiger partial charge is 0.477 e. The van der Waals surface area contributed by atoms with E-state index >= 15 is 0 Å². The van der Waals surface area contributed by atoms with Crippen molar-refractivity contribution in [2.24, 2.45) is 21.8 Å². The molecule has 0 aliphatic carbocycles. The summed E-state index contributed by atoms with van der Waals surface area (Å²) in [5.41, 5.74) is 0.515. The van der Waals surface area contributed by atoms with E-state index in [4.69, 9.17) is 4.74 Å². The van der Waals surface area contributed by atoms with Gasteiger partial charge in [-0.05, 0) is 19.4 Å². The summed E-state index contributed by atoms with van der Waals surface area (Å²) in [5, 5.41) is 7.88. The molecule has 0 aromatic carbocycles. The minimum atomic E-state index is -1.73. The van der Waals surface area contributed by atoms with E-state index in [2.05, 4.69) is 20.2 Å². The first-order chi connectivity index (χ1) is 14.0. The van der Waals surface area contributed by atoms with Crippen molar-refractivity contribution >= 4 is 23.5 Å². The molecule has 2 saturated heterocycles. The molecule has 3 aliphatic heterocycles. The maximum absolute atomic E-state index is 13.8. The third-order valence-corrected chi connectivity index (χ3v) is 5.53. The second-order valence-electron chi connectivity index (χ2n) is 7.39. The van der Waals surface area contributed by atoms with Gasteiger partial charge in [0.2, 0.25) is 18.0 Å². The van der Waals surface area contributed by atoms with Crippen LogP contribution >= 0.6 is 0 Å². The topological polar surface area (TPSA) is 100 Å². The molecule has 29 heavy (non-hydrogen) atoms. The second-order valence-corrected chi connectivity index (χ2v) is 7.39. The van der Waals surface area contributed by atoms with Crippen molar-refractivity contribution in [1.29, 1.82) is 0 Å². The standard InChI is InChI=1S/C19H23FN6O3/c1-3-13-16(20)17(27)22-19(21-13)26-9-11-7-25(8-12(11)10-26)18(28)14-5-6-15(24-23-14)29-4-2/h5-6,11-12,16H,3-4,7-10H2,1-2H3. The molecule has 1 aromatic heterocycles. The minimum Gasteiger partial charge on any atom is -0.477 e. The first kappa shape index (κ1) is 19.4. The van der Waals surface area contributed by atoms with Crippen LogP contribution in [0, 0.1) is 11.8 Å². The van der Waals surface area contributed by atoms with E-state index in [0.717, 1.165) is 0 Å². The molecule has 9 nitrogen and oxygen atoms in total. The van der Waals surface area contributed by atoms with Gasteiger partial charge < -0.3 is 14.5 Å². The van der Waals surface area contributed by atoms with Crippen LogP contribution in [0.2, 0.25) is 0 Å². The molecule has 154 valence electrons. The number of hydrogen-bond acceptors (Lipinski definition) is 7. The zero-order valence-corrected chi connectivity index (χ0v) is 16.4. The van der Waals surface area contributed by atoms with Crippen molar-refractivity contribution in [2.45, 2.75) is 26.4 Å². The molecule has 0 radical (unpaired) electrons. The summed E-state index contributed by atoms with van der Waals surface area (Å²) in [6.45, 7) is 6.55. The van der Waals surface area contributed by atoms with Crippen molar-refractivity contribution < 1.29 is 18.7 Å². The monoisotopic (exact) mass is 402 g/mol. The fraction of sp³-hybridized carbons (Fsp3) is 0.579. The van der Waals surface area contributed by atoms with Crippen LogP contribution in [-0.4, -0.2) is 82.4 Å². The Kier molecular flexibility index (Phi) is 5.25. The Hall–Kier alpha value is -2.91. The predicted octanol–water partition coefficient (Wildman–Crippen LogP) is 0.964. The lowest BCUT2D eigenvalue weighted by atomic mass is 10.0. The number of aromatic nitrogens is 2. The molecular weight excluding hydrogens is 379 g/mol. The van der Waals surface area contributed by atoms with Crippen LogP contribution in [0.5, 0.6) is 5.88 Å². The molecule has 0 spiro atoms. The molecule has 0 saturated carbocycles. The number of likely N-dealkylation sites (tertiary alicyclic amines) is 2. The summed E-state index contributed by atoms with van der Waals surface area (Å²) in [7, 11) is 0. The Morgan fingerprint density at radius 1 is 1.14 bits per heavy atom. The Bertz CT molecular complexity index is 857. The average molecular weight is 402 g/mol. The van der Waals surface area contributed by atoms with E-state index in [1.807, 2.05) is 11.8 Å². The van der Waals surface area contributed by atoms with Crippen molar-refractivity contribution in [3.8, 4) is 5.88 Å². The second kappa shape index (κ2) is 7.84. The number of fused-ring (bicyclic) bond motifs is 1. The van der Waals surface area contributed by atoms with Crippen LogP contribution < -0.4 is 4.74 Å². The molecule has 10 heteroatoms. The minimum absolute atomic E-state index is 0.154. The lowest BCUT2D eigenvalue weighted by Crippen LogP contribution is -2.39. The lowest BCUT2D eigenvalue weighted by molar-refractivity contribution is -0.120. The van der Waals surface area contributed by atoms with E-state index < -0.39 is 12.1 Å². The summed E-state index contributed by atoms with van der Waals surface area (Å²) in [6, 6.07) is 3.26. The number of nitrogens with zero attached hydrogens (tertiary/aromatic N) is 6. The van der Waals surface area contributed by atoms with Crippen LogP contribution in [0.4, 0.5) is 4.39 Å². The Morgan fingerprint density at radius 2 is 1.86 bits per heavy atom. The maximum atomic E-state index is 13.8. The van der Waals surface area contributed by atoms with Crippen LogP contribution in [0.15, 0.2) is 22.1 Å². The quantitative estimate of drug-likeness (QED) is 0.744. The van der Waals surface area contributed by atoms with Crippen LogP contribution in [0.3, 0.4) is 0 Å². The van der Waals surface area contributed by atoms with Crippen molar-refractivity contribution in [1.82, 2.24) is 20.0 Å². The summed E-state index contributed by atoms with van der Waals surface area (Å²) in [6.07, 6.45) is -1.35. The SMILES string of the molecule is CCOc1ccc(C(=O)N2CC3CN(C4=NC(=O)C(F)C(CC)=N4)CC3C2)nn1. The maximum Gasteiger partial charge on any atom is 0.289 e. The zero-order chi connectivity index (χ0) is 20.5. The van der Waals surface area contributed by atoms with Crippen molar-refractivity contribution in [3.63, 3.8) is 0 Å². The highest BCUT2D eigenvalue weighted by Gasteiger charge is 2.44. The fourth-order valence-corrected chi connectivity index (χ4v) is 4.05. The van der Waals surface area contributed by atoms with Gasteiger partial charge >= 0.3 is 0 Å². The van der Waals surface area contributed by atoms with Gasteiger partial charge in [0.1, 0.15) is 0 Å². The number of guanidine groups is 1. The highest BCUT2D eigenvalue weighted by atomic mass is 19.1. The molecule has 1 aromatic rings. The molecular formula is C19H23FN6O3. The number of hydrogen-bond donors (Lipinski definition) is 0. The van der Waals surface area contributed by atoms with Gasteiger partial charge in [-0.15, -0.1) is 10.2 Å². The fourth-order valence-electron chi connectivity index (χ4n) is 4.05. The van der Waals surface area contributed by atoms with E-state index in [9.17, 15) is 14.0 Å². The molecule has 2 amide bonds. The van der Waals surface area contributed by atoms with Crippen molar-refractivity contribution in [3.05, 3.63) is 17.8 Å². The number of rotatable bonds is 4. The smallest absolute Gasteiger partial charge is 0.289 e. The van der Waals surface area contributed by atoms with Gasteiger partial charge in [0, 0.05) is 44.1 Å². The summed E-state index contributed by atoms with van der Waals surface area (Å²) < 4.78 is 19.1. The Balaban J connectivity index is 1.39. The van der Waals surface area contributed by atoms with Crippen LogP contribution in [0.1, 0.15) is 30.8 Å². The first-order valence-corrected chi connectivity index (χ1v) is 9.85. The number of carbonyl (C=O) groups excluding carboxylic acids is 2. The highest BCUT2D eigenvalue weighted by molar-refractivity contribution is 6.17. The Morgan fingerprint density at radius 3 is 2.45 bits per heavy atom. The molecule has 3 aliphatic rings. The van der Waals surface area contributed by atoms with E-state index in [1.54, 1.807) is 24.0 Å². The van der Waals surface area contributed by atoms with Gasteiger partial charge in [0.25, 0.3) is 11.8 Å². The number of ether oxygens (including phenoxy) is 1. The van der Waals surface area contributed by atoms with E-state index in [-0.39, 0.29) is 23.5 Å². The molecule has 3 atom stereocenters. The van der Waals surface area contributed by atoms with Crippen molar-refractivity contribution in [2.75, 3.05) is 32.8 Å². The van der Waals surface area contributed by atoms with Crippen LogP contribution in [0.25, 0.3) is 0 Å². The number of carbonyl (C=O) groups is 2. The predicted molar refractivity (Wildman–Crippen MR) is 103 cm³/mol. The Labute approximate surface area is 167 Å². The summed E-state index contributed by atoms with van der Waals surface area (Å²) in [5.74, 6) is 0.244. The van der Waals surface area contributed by atoms with Gasteiger partial charge in [0.05, 0.1) is 12.3 Å². The van der Waals surface area contributed by atoms with Gasteiger partial charge in [-0.1, -0.05) is 6.92 Å². The van der Waals surface area contributed by atoms with Crippen LogP contribution in [-0.2, 0) is 4.79 Å². The lowest BCUT2D eigenvalue weighted by Gasteiger charge is -2.24. The molecule has 0 bridgehead atoms. The highest BCUT2D eigenvalue weighted by Crippen LogP contribution is 2.32. The molecule has 0 N–H and O–H groups in total. The van der Waals surface area contributed by atoms with E-state index in [0.29, 0.717) is 56.7 Å². The third-order valence-electron chi connectivity index (χ3n) is 5.53. The van der Waals surface area contributed by atoms with Gasteiger partial charge in [0.15, 0.2) is 5.69 Å².